The predicted octanol–water partition coefficient (Wildman–Crippen LogP) is -5.20. The summed E-state index contributed by atoms with van der Waals surface area (Å²) >= 11 is 0. The molecule has 8 unspecified atom stereocenters. The number of rotatable bonds is 6. The van der Waals surface area contributed by atoms with E-state index in [1.165, 1.54) is 0 Å². The Labute approximate surface area is 179 Å². The molecule has 3 aliphatic rings. The fourth-order valence-electron chi connectivity index (χ4n) is 4.31. The van der Waals surface area contributed by atoms with Crippen molar-refractivity contribution >= 4 is 0 Å². The van der Waals surface area contributed by atoms with Gasteiger partial charge < -0.3 is 66.8 Å². The summed E-state index contributed by atoms with van der Waals surface area (Å²) in [5.41, 5.74) is 18.1. The molecule has 2 heterocycles. The Bertz CT molecular complexity index is 589. The van der Waals surface area contributed by atoms with Gasteiger partial charge in [-0.05, 0) is 12.8 Å². The highest BCUT2D eigenvalue weighted by Gasteiger charge is 2.51. The van der Waals surface area contributed by atoms with Crippen LogP contribution < -0.4 is 17.2 Å². The Morgan fingerprint density at radius 1 is 0.742 bits per heavy atom. The Kier molecular flexibility index (Phi) is 8.24. The molecular weight excluding hydrogens is 418 g/mol. The third-order valence-corrected chi connectivity index (χ3v) is 6.30. The number of aliphatic hydroxyl groups is 6. The van der Waals surface area contributed by atoms with Crippen LogP contribution in [0.2, 0.25) is 0 Å². The first-order valence-corrected chi connectivity index (χ1v) is 10.5. The fraction of sp³-hybridized carbons (Fsp3) is 1.00. The molecule has 0 spiro atoms. The number of ether oxygens (including phenoxy) is 4. The van der Waals surface area contributed by atoms with Gasteiger partial charge in [-0.25, -0.2) is 0 Å². The van der Waals surface area contributed by atoms with Crippen molar-refractivity contribution < 1.29 is 49.6 Å². The van der Waals surface area contributed by atoms with Crippen LogP contribution in [0.3, 0.4) is 0 Å². The molecule has 0 aromatic rings. The van der Waals surface area contributed by atoms with E-state index in [0.717, 1.165) is 0 Å². The van der Waals surface area contributed by atoms with Gasteiger partial charge in [0.1, 0.15) is 42.7 Å². The summed E-state index contributed by atoms with van der Waals surface area (Å²) in [6.45, 7) is 1.18. The molecule has 12 N–H and O–H groups in total. The van der Waals surface area contributed by atoms with Crippen LogP contribution in [0.1, 0.15) is 19.8 Å². The summed E-state index contributed by atoms with van der Waals surface area (Å²) in [5, 5.41) is 60.5. The zero-order valence-electron chi connectivity index (χ0n) is 17.3. The maximum Gasteiger partial charge on any atom is 0.187 e. The molecule has 0 aromatic heterocycles. The highest BCUT2D eigenvalue weighted by atomic mass is 16.7. The molecule has 2 saturated heterocycles. The Hall–Kier alpha value is -0.520. The molecule has 3 rings (SSSR count). The molecule has 0 aromatic carbocycles. The minimum atomic E-state index is -1.44. The normalized spacial score (nSPS) is 53.6. The van der Waals surface area contributed by atoms with Gasteiger partial charge in [0.05, 0.1) is 24.9 Å². The number of nitrogens with two attached hydrogens (primary N) is 3. The molecule has 2 aliphatic heterocycles. The largest absolute Gasteiger partial charge is 0.394 e. The zero-order valence-corrected chi connectivity index (χ0v) is 17.3. The maximum atomic E-state index is 10.7. The highest BCUT2D eigenvalue weighted by molar-refractivity contribution is 5.01. The maximum absolute atomic E-state index is 10.7. The third kappa shape index (κ3) is 4.89. The van der Waals surface area contributed by atoms with Crippen LogP contribution in [0.25, 0.3) is 0 Å². The smallest absolute Gasteiger partial charge is 0.187 e. The summed E-state index contributed by atoms with van der Waals surface area (Å²) in [5.74, 6) is 0. The monoisotopic (exact) mass is 453 g/mol. The summed E-state index contributed by atoms with van der Waals surface area (Å²) in [4.78, 5) is 0. The van der Waals surface area contributed by atoms with Gasteiger partial charge in [0, 0.05) is 12.1 Å². The molecule has 0 amide bonds. The zero-order chi connectivity index (χ0) is 23.0. The second-order valence-electron chi connectivity index (χ2n) is 8.47. The van der Waals surface area contributed by atoms with Gasteiger partial charge in [-0.1, -0.05) is 6.92 Å². The van der Waals surface area contributed by atoms with Crippen LogP contribution in [0, 0.1) is 0 Å². The van der Waals surface area contributed by atoms with Gasteiger partial charge in [0.15, 0.2) is 12.6 Å². The molecule has 1 saturated carbocycles. The van der Waals surface area contributed by atoms with Gasteiger partial charge in [0.2, 0.25) is 0 Å². The van der Waals surface area contributed by atoms with Gasteiger partial charge in [-0.15, -0.1) is 0 Å². The Morgan fingerprint density at radius 2 is 1.32 bits per heavy atom. The lowest BCUT2D eigenvalue weighted by Gasteiger charge is -2.47. The Morgan fingerprint density at radius 3 is 1.90 bits per heavy atom. The first kappa shape index (κ1) is 25.1. The molecule has 14 atom stereocenters. The lowest BCUT2D eigenvalue weighted by Crippen LogP contribution is -2.68. The molecule has 31 heavy (non-hydrogen) atoms. The minimum Gasteiger partial charge on any atom is -0.394 e. The second-order valence-corrected chi connectivity index (χ2v) is 8.47. The molecule has 182 valence electrons. The fourth-order valence-corrected chi connectivity index (χ4v) is 4.31. The molecular formula is C18H35N3O10. The van der Waals surface area contributed by atoms with E-state index < -0.39 is 92.2 Å². The SMILES string of the molecule is CC[C@H]1O[C@@H](OC2C(O)[C@H](N)CC(N)[C@H]2O[C@H]2OC(CO)[C@@H](O)C(O)C2N)C(O)C1O. The molecule has 0 radical (unpaired) electrons. The van der Waals surface area contributed by atoms with Crippen LogP contribution in [-0.2, 0) is 18.9 Å². The van der Waals surface area contributed by atoms with Crippen molar-refractivity contribution in [1.29, 1.82) is 0 Å². The van der Waals surface area contributed by atoms with Gasteiger partial charge in [0.25, 0.3) is 0 Å². The summed E-state index contributed by atoms with van der Waals surface area (Å²) in [7, 11) is 0. The van der Waals surface area contributed by atoms with E-state index in [1.807, 2.05) is 0 Å². The van der Waals surface area contributed by atoms with Crippen molar-refractivity contribution in [2.24, 2.45) is 17.2 Å². The quantitative estimate of drug-likeness (QED) is 0.183. The van der Waals surface area contributed by atoms with Crippen LogP contribution >= 0.6 is 0 Å². The minimum absolute atomic E-state index is 0.163. The van der Waals surface area contributed by atoms with E-state index in [2.05, 4.69) is 0 Å². The van der Waals surface area contributed by atoms with Gasteiger partial charge >= 0.3 is 0 Å². The molecule has 1 aliphatic carbocycles. The van der Waals surface area contributed by atoms with E-state index in [4.69, 9.17) is 36.1 Å². The number of hydrogen-bond donors (Lipinski definition) is 9. The van der Waals surface area contributed by atoms with Crippen molar-refractivity contribution in [2.45, 2.75) is 105 Å². The molecule has 13 nitrogen and oxygen atoms in total. The highest BCUT2D eigenvalue weighted by Crippen LogP contribution is 2.32. The van der Waals surface area contributed by atoms with Crippen molar-refractivity contribution in [3.05, 3.63) is 0 Å². The topological polar surface area (TPSA) is 236 Å². The average Bonchev–Trinajstić information content (AvgIpc) is 3.02. The van der Waals surface area contributed by atoms with Crippen molar-refractivity contribution in [3.8, 4) is 0 Å². The van der Waals surface area contributed by atoms with Crippen LogP contribution in [0.15, 0.2) is 0 Å². The van der Waals surface area contributed by atoms with E-state index in [0.29, 0.717) is 6.42 Å². The summed E-state index contributed by atoms with van der Waals surface area (Å²) in [6, 6.07) is -2.69. The molecule has 3 fully saturated rings. The van der Waals surface area contributed by atoms with Crippen molar-refractivity contribution in [2.75, 3.05) is 6.61 Å². The van der Waals surface area contributed by atoms with Crippen molar-refractivity contribution in [3.63, 3.8) is 0 Å². The number of aliphatic hydroxyl groups excluding tert-OH is 6. The van der Waals surface area contributed by atoms with E-state index in [1.54, 1.807) is 6.92 Å². The van der Waals surface area contributed by atoms with Crippen molar-refractivity contribution in [1.82, 2.24) is 0 Å². The second kappa shape index (κ2) is 10.2. The lowest BCUT2D eigenvalue weighted by atomic mass is 9.84. The molecule has 13 heteroatoms. The average molecular weight is 453 g/mol. The summed E-state index contributed by atoms with van der Waals surface area (Å²) in [6.07, 6.45) is -12.7. The standard InChI is InChI=1S/C18H35N3O10/c1-2-7-11(24)14(27)18(28-7)31-16-10(23)5(19)3-6(20)15(16)30-17-9(21)13(26)12(25)8(4-22)29-17/h5-18,22-27H,2-4,19-21H2,1H3/t5-,6?,7-,8?,9?,10?,11?,12-,13?,14?,15-,16?,17-,18+/m1/s1. The number of hydrogen-bond acceptors (Lipinski definition) is 13. The first-order valence-electron chi connectivity index (χ1n) is 10.5. The third-order valence-electron chi connectivity index (χ3n) is 6.30. The van der Waals surface area contributed by atoms with Crippen LogP contribution in [-0.4, -0.2) is 123 Å². The lowest BCUT2D eigenvalue weighted by molar-refractivity contribution is -0.310. The van der Waals surface area contributed by atoms with E-state index >= 15 is 0 Å². The predicted molar refractivity (Wildman–Crippen MR) is 103 cm³/mol. The van der Waals surface area contributed by atoms with E-state index in [9.17, 15) is 30.6 Å². The van der Waals surface area contributed by atoms with Gasteiger partial charge in [-0.3, -0.25) is 0 Å². The van der Waals surface area contributed by atoms with Crippen LogP contribution in [0.4, 0.5) is 0 Å². The Balaban J connectivity index is 1.78. The molecule has 0 bridgehead atoms. The summed E-state index contributed by atoms with van der Waals surface area (Å²) < 4.78 is 22.7. The van der Waals surface area contributed by atoms with E-state index in [-0.39, 0.29) is 6.42 Å². The first-order chi connectivity index (χ1) is 14.6. The van der Waals surface area contributed by atoms with Crippen LogP contribution in [0.5, 0.6) is 0 Å². The van der Waals surface area contributed by atoms with Gasteiger partial charge in [-0.2, -0.15) is 0 Å².